The topological polar surface area (TPSA) is 84.0 Å². The van der Waals surface area contributed by atoms with Gasteiger partial charge in [0.1, 0.15) is 12.4 Å². The van der Waals surface area contributed by atoms with Crippen LogP contribution >= 0.6 is 11.8 Å². The van der Waals surface area contributed by atoms with Crippen molar-refractivity contribution in [1.82, 2.24) is 14.9 Å². The second-order valence-electron chi connectivity index (χ2n) is 7.25. The normalized spacial score (nSPS) is 14.7. The third-order valence-electron chi connectivity index (χ3n) is 5.36. The van der Waals surface area contributed by atoms with Gasteiger partial charge in [-0.05, 0) is 60.7 Å². The molecule has 8 heteroatoms. The van der Waals surface area contributed by atoms with Gasteiger partial charge in [-0.1, -0.05) is 23.9 Å². The number of amides is 1. The largest absolute Gasteiger partial charge is 0.486 e. The predicted molar refractivity (Wildman–Crippen MR) is 112 cm³/mol. The van der Waals surface area contributed by atoms with E-state index in [-0.39, 0.29) is 12.5 Å². The number of fused-ring (bicyclic) bond motifs is 2. The Morgan fingerprint density at radius 1 is 1.17 bits per heavy atom. The maximum absolute atomic E-state index is 13.2. The maximum Gasteiger partial charge on any atom is 0.272 e. The Morgan fingerprint density at radius 3 is 2.97 bits per heavy atom. The number of hydrogen-bond acceptors (Lipinski definition) is 6. The standard InChI is InChI=1S/C22H19N5O2S/c23-13-15-3-1-6-18(11-15)21(28)26-9-10-30-22-25-24-20(27(22)26)14-29-19-8-7-16-4-2-5-17(16)12-19/h1,3,6-8,11-12H,2,4-5,9-10,14H2. The summed E-state index contributed by atoms with van der Waals surface area (Å²) in [5, 5.41) is 19.9. The van der Waals surface area contributed by atoms with Crippen molar-refractivity contribution in [3.63, 3.8) is 0 Å². The lowest BCUT2D eigenvalue weighted by atomic mass is 10.1. The van der Waals surface area contributed by atoms with Crippen molar-refractivity contribution in [1.29, 1.82) is 5.26 Å². The lowest BCUT2D eigenvalue weighted by molar-refractivity contribution is 0.0952. The molecule has 1 amide bonds. The van der Waals surface area contributed by atoms with Crippen molar-refractivity contribution in [3.05, 3.63) is 70.5 Å². The Morgan fingerprint density at radius 2 is 2.07 bits per heavy atom. The summed E-state index contributed by atoms with van der Waals surface area (Å²) in [4.78, 5) is 13.2. The predicted octanol–water partition coefficient (Wildman–Crippen LogP) is 3.10. The van der Waals surface area contributed by atoms with Gasteiger partial charge in [-0.3, -0.25) is 4.79 Å². The Kier molecular flexibility index (Phi) is 4.89. The number of carbonyl (C=O) groups is 1. The van der Waals surface area contributed by atoms with Crippen molar-refractivity contribution in [2.75, 3.05) is 17.3 Å². The molecule has 1 aromatic heterocycles. The molecule has 1 aliphatic carbocycles. The highest BCUT2D eigenvalue weighted by atomic mass is 32.2. The van der Waals surface area contributed by atoms with Gasteiger partial charge >= 0.3 is 0 Å². The quantitative estimate of drug-likeness (QED) is 0.649. The summed E-state index contributed by atoms with van der Waals surface area (Å²) in [6, 6.07) is 15.0. The molecule has 3 aromatic rings. The number of carbonyl (C=O) groups excluding carboxylic acids is 1. The third kappa shape index (κ3) is 3.42. The zero-order valence-corrected chi connectivity index (χ0v) is 17.1. The summed E-state index contributed by atoms with van der Waals surface area (Å²) in [6.07, 6.45) is 3.42. The van der Waals surface area contributed by atoms with E-state index in [4.69, 9.17) is 10.00 Å². The molecule has 1 aliphatic heterocycles. The molecule has 2 heterocycles. The average molecular weight is 417 g/mol. The summed E-state index contributed by atoms with van der Waals surface area (Å²) in [5.41, 5.74) is 3.66. The molecule has 0 spiro atoms. The summed E-state index contributed by atoms with van der Waals surface area (Å²) >= 11 is 1.56. The highest BCUT2D eigenvalue weighted by Gasteiger charge is 2.28. The molecule has 0 saturated heterocycles. The van der Waals surface area contributed by atoms with E-state index in [1.807, 2.05) is 6.07 Å². The molecule has 2 aromatic carbocycles. The fourth-order valence-corrected chi connectivity index (χ4v) is 4.76. The first-order valence-corrected chi connectivity index (χ1v) is 10.9. The van der Waals surface area contributed by atoms with E-state index in [2.05, 4.69) is 28.4 Å². The van der Waals surface area contributed by atoms with E-state index < -0.39 is 0 Å². The highest BCUT2D eigenvalue weighted by Crippen LogP contribution is 2.27. The van der Waals surface area contributed by atoms with Crippen LogP contribution in [0.4, 0.5) is 0 Å². The Labute approximate surface area is 178 Å². The molecular weight excluding hydrogens is 398 g/mol. The van der Waals surface area contributed by atoms with Gasteiger partial charge in [0.2, 0.25) is 5.16 Å². The van der Waals surface area contributed by atoms with Crippen molar-refractivity contribution in [3.8, 4) is 11.8 Å². The summed E-state index contributed by atoms with van der Waals surface area (Å²) < 4.78 is 7.74. The van der Waals surface area contributed by atoms with Gasteiger partial charge in [-0.25, -0.2) is 9.69 Å². The zero-order chi connectivity index (χ0) is 20.5. The van der Waals surface area contributed by atoms with Crippen LogP contribution in [0.2, 0.25) is 0 Å². The molecule has 5 rings (SSSR count). The zero-order valence-electron chi connectivity index (χ0n) is 16.2. The molecular formula is C22H19N5O2S. The summed E-state index contributed by atoms with van der Waals surface area (Å²) in [7, 11) is 0. The lowest BCUT2D eigenvalue weighted by Crippen LogP contribution is -2.45. The van der Waals surface area contributed by atoms with E-state index >= 15 is 0 Å². The fourth-order valence-electron chi connectivity index (χ4n) is 3.89. The number of ether oxygens (including phenoxy) is 1. The SMILES string of the molecule is N#Cc1cccc(C(=O)N2CCSc3nnc(COc4ccc5c(c4)CCC5)n32)c1. The van der Waals surface area contributed by atoms with Crippen LogP contribution in [-0.2, 0) is 19.4 Å². The minimum Gasteiger partial charge on any atom is -0.486 e. The van der Waals surface area contributed by atoms with Crippen LogP contribution < -0.4 is 9.75 Å². The van der Waals surface area contributed by atoms with Crippen molar-refractivity contribution >= 4 is 17.7 Å². The molecule has 0 bridgehead atoms. The first-order valence-electron chi connectivity index (χ1n) is 9.87. The first-order chi connectivity index (χ1) is 14.7. The van der Waals surface area contributed by atoms with Gasteiger partial charge < -0.3 is 4.74 Å². The van der Waals surface area contributed by atoms with Crippen LogP contribution in [-0.4, -0.2) is 33.1 Å². The number of thioether (sulfide) groups is 1. The van der Waals surface area contributed by atoms with Crippen molar-refractivity contribution in [2.45, 2.75) is 31.0 Å². The Bertz CT molecular complexity index is 1170. The molecule has 30 heavy (non-hydrogen) atoms. The van der Waals surface area contributed by atoms with Crippen LogP contribution in [0, 0.1) is 11.3 Å². The molecule has 7 nitrogen and oxygen atoms in total. The van der Waals surface area contributed by atoms with Gasteiger partial charge in [-0.15, -0.1) is 10.2 Å². The van der Waals surface area contributed by atoms with E-state index in [1.165, 1.54) is 17.5 Å². The number of aromatic nitrogens is 3. The third-order valence-corrected chi connectivity index (χ3v) is 6.26. The number of benzene rings is 2. The van der Waals surface area contributed by atoms with Crippen molar-refractivity contribution < 1.29 is 9.53 Å². The van der Waals surface area contributed by atoms with Crippen LogP contribution in [0.5, 0.6) is 5.75 Å². The van der Waals surface area contributed by atoms with Gasteiger partial charge in [0.05, 0.1) is 18.2 Å². The molecule has 0 atom stereocenters. The summed E-state index contributed by atoms with van der Waals surface area (Å²) in [6.45, 7) is 0.742. The molecule has 0 N–H and O–H groups in total. The minimum absolute atomic E-state index is 0.188. The van der Waals surface area contributed by atoms with E-state index in [9.17, 15) is 4.79 Å². The van der Waals surface area contributed by atoms with Crippen LogP contribution in [0.3, 0.4) is 0 Å². The minimum atomic E-state index is -0.188. The fraction of sp³-hybridized carbons (Fsp3) is 0.273. The number of nitriles is 1. The molecule has 0 fully saturated rings. The van der Waals surface area contributed by atoms with Gasteiger partial charge in [0, 0.05) is 11.3 Å². The molecule has 150 valence electrons. The second kappa shape index (κ2) is 7.84. The number of hydrogen-bond donors (Lipinski definition) is 0. The summed E-state index contributed by atoms with van der Waals surface area (Å²) in [5.74, 6) is 1.92. The van der Waals surface area contributed by atoms with E-state index in [0.717, 1.165) is 24.3 Å². The van der Waals surface area contributed by atoms with Crippen molar-refractivity contribution in [2.24, 2.45) is 0 Å². The smallest absolute Gasteiger partial charge is 0.272 e. The maximum atomic E-state index is 13.2. The number of rotatable bonds is 4. The van der Waals surface area contributed by atoms with Crippen LogP contribution in [0.15, 0.2) is 47.6 Å². The number of nitrogens with zero attached hydrogens (tertiary/aromatic N) is 5. The van der Waals surface area contributed by atoms with Gasteiger partial charge in [0.25, 0.3) is 5.91 Å². The van der Waals surface area contributed by atoms with Gasteiger partial charge in [-0.2, -0.15) is 5.26 Å². The monoisotopic (exact) mass is 417 g/mol. The molecule has 2 aliphatic rings. The molecule has 0 unspecified atom stereocenters. The van der Waals surface area contributed by atoms with E-state index in [1.54, 1.807) is 45.7 Å². The molecule has 0 radical (unpaired) electrons. The Hall–Kier alpha value is -3.31. The first kappa shape index (κ1) is 18.7. The molecule has 0 saturated carbocycles. The van der Waals surface area contributed by atoms with Gasteiger partial charge in [0.15, 0.2) is 5.82 Å². The lowest BCUT2D eigenvalue weighted by Gasteiger charge is -2.29. The number of aryl methyl sites for hydroxylation is 2. The second-order valence-corrected chi connectivity index (χ2v) is 8.31. The Balaban J connectivity index is 1.39. The average Bonchev–Trinajstić information content (AvgIpc) is 3.43. The highest BCUT2D eigenvalue weighted by molar-refractivity contribution is 7.99. The van der Waals surface area contributed by atoms with Crippen LogP contribution in [0.1, 0.15) is 39.3 Å². The van der Waals surface area contributed by atoms with E-state index in [0.29, 0.717) is 28.7 Å². The van der Waals surface area contributed by atoms with Crippen LogP contribution in [0.25, 0.3) is 0 Å².